The van der Waals surface area contributed by atoms with Gasteiger partial charge < -0.3 is 9.72 Å². The Labute approximate surface area is 119 Å². The molecule has 2 aromatic rings. The van der Waals surface area contributed by atoms with Crippen LogP contribution in [0.5, 0.6) is 5.75 Å². The van der Waals surface area contributed by atoms with E-state index in [1.807, 2.05) is 18.3 Å². The van der Waals surface area contributed by atoms with Crippen LogP contribution in [0.1, 0.15) is 29.4 Å². The van der Waals surface area contributed by atoms with E-state index in [1.165, 1.54) is 12.0 Å². The van der Waals surface area contributed by atoms with Crippen LogP contribution in [-0.2, 0) is 6.54 Å². The van der Waals surface area contributed by atoms with E-state index < -0.39 is 0 Å². The Hall–Kier alpha value is -1.81. The van der Waals surface area contributed by atoms with E-state index in [1.54, 1.807) is 7.11 Å². The van der Waals surface area contributed by atoms with Gasteiger partial charge in [0, 0.05) is 36.5 Å². The normalized spacial score (nSPS) is 19.4. The summed E-state index contributed by atoms with van der Waals surface area (Å²) >= 11 is 0. The molecule has 4 nitrogen and oxygen atoms in total. The first kappa shape index (κ1) is 13.2. The number of nitrogens with zero attached hydrogens (tertiary/aromatic N) is 2. The highest BCUT2D eigenvalue weighted by Crippen LogP contribution is 2.28. The third-order valence-electron chi connectivity index (χ3n) is 3.97. The van der Waals surface area contributed by atoms with E-state index in [0.29, 0.717) is 5.92 Å². The zero-order chi connectivity index (χ0) is 13.9. The topological polar surface area (TPSA) is 41.1 Å². The van der Waals surface area contributed by atoms with Gasteiger partial charge in [-0.05, 0) is 26.0 Å². The number of para-hydroxylation sites is 1. The summed E-state index contributed by atoms with van der Waals surface area (Å²) in [6.45, 7) is 5.17. The maximum atomic E-state index is 5.43. The molecule has 0 aliphatic carbocycles. The molecule has 1 fully saturated rings. The van der Waals surface area contributed by atoms with Gasteiger partial charge in [-0.2, -0.15) is 0 Å². The highest BCUT2D eigenvalue weighted by molar-refractivity contribution is 5.33. The molecule has 106 valence electrons. The average molecular weight is 271 g/mol. The van der Waals surface area contributed by atoms with E-state index in [4.69, 9.17) is 4.74 Å². The Balaban J connectivity index is 1.66. The fourth-order valence-corrected chi connectivity index (χ4v) is 2.91. The van der Waals surface area contributed by atoms with Crippen molar-refractivity contribution in [3.8, 4) is 5.75 Å². The molecule has 4 heteroatoms. The van der Waals surface area contributed by atoms with Gasteiger partial charge >= 0.3 is 0 Å². The molecule has 0 spiro atoms. The fraction of sp³-hybridized carbons (Fsp3) is 0.438. The lowest BCUT2D eigenvalue weighted by molar-refractivity contribution is 0.316. The third kappa shape index (κ3) is 2.70. The summed E-state index contributed by atoms with van der Waals surface area (Å²) in [7, 11) is 1.73. The van der Waals surface area contributed by atoms with Crippen molar-refractivity contribution in [1.82, 2.24) is 14.9 Å². The first-order valence-electron chi connectivity index (χ1n) is 7.12. The number of ether oxygens (including phenoxy) is 1. The highest BCUT2D eigenvalue weighted by Gasteiger charge is 2.26. The number of rotatable bonds is 4. The Bertz CT molecular complexity index is 579. The number of H-pyrrole nitrogens is 1. The van der Waals surface area contributed by atoms with E-state index in [0.717, 1.165) is 36.9 Å². The predicted octanol–water partition coefficient (Wildman–Crippen LogP) is 2.72. The van der Waals surface area contributed by atoms with Gasteiger partial charge in [0.25, 0.3) is 0 Å². The number of nitrogens with one attached hydrogen (secondary N) is 1. The van der Waals surface area contributed by atoms with Crippen molar-refractivity contribution in [1.29, 1.82) is 0 Å². The monoisotopic (exact) mass is 271 g/mol. The molecule has 0 saturated carbocycles. The second kappa shape index (κ2) is 5.67. The Morgan fingerprint density at radius 1 is 1.40 bits per heavy atom. The minimum atomic E-state index is 0.526. The van der Waals surface area contributed by atoms with E-state index >= 15 is 0 Å². The number of imidazole rings is 1. The molecule has 3 rings (SSSR count). The van der Waals surface area contributed by atoms with Crippen molar-refractivity contribution in [3.05, 3.63) is 47.5 Å². The van der Waals surface area contributed by atoms with Crippen LogP contribution in [0.25, 0.3) is 0 Å². The lowest BCUT2D eigenvalue weighted by atomic mass is 10.1. The number of aromatic amines is 1. The molecule has 1 atom stereocenters. The second-order valence-corrected chi connectivity index (χ2v) is 5.48. The van der Waals surface area contributed by atoms with Gasteiger partial charge in [-0.1, -0.05) is 18.2 Å². The summed E-state index contributed by atoms with van der Waals surface area (Å²) in [5.41, 5.74) is 2.40. The summed E-state index contributed by atoms with van der Waals surface area (Å²) in [6.07, 6.45) is 3.08. The van der Waals surface area contributed by atoms with Crippen LogP contribution in [0.3, 0.4) is 0 Å². The van der Waals surface area contributed by atoms with Crippen molar-refractivity contribution in [2.75, 3.05) is 20.2 Å². The lowest BCUT2D eigenvalue weighted by Crippen LogP contribution is -2.20. The number of hydrogen-bond donors (Lipinski definition) is 1. The SMILES string of the molecule is COc1ccccc1CN1CC[C@H](c2ncc(C)[nH]2)C1. The van der Waals surface area contributed by atoms with Crippen LogP contribution >= 0.6 is 0 Å². The Morgan fingerprint density at radius 2 is 2.25 bits per heavy atom. The van der Waals surface area contributed by atoms with Gasteiger partial charge in [-0.15, -0.1) is 0 Å². The van der Waals surface area contributed by atoms with Crippen LogP contribution in [0.4, 0.5) is 0 Å². The molecular weight excluding hydrogens is 250 g/mol. The highest BCUT2D eigenvalue weighted by atomic mass is 16.5. The van der Waals surface area contributed by atoms with Crippen LogP contribution < -0.4 is 4.74 Å². The zero-order valence-electron chi connectivity index (χ0n) is 12.1. The minimum Gasteiger partial charge on any atom is -0.496 e. The molecular formula is C16H21N3O. The summed E-state index contributed by atoms with van der Waals surface area (Å²) in [4.78, 5) is 10.3. The zero-order valence-corrected chi connectivity index (χ0v) is 12.1. The second-order valence-electron chi connectivity index (χ2n) is 5.48. The molecule has 1 aliphatic rings. The largest absolute Gasteiger partial charge is 0.496 e. The summed E-state index contributed by atoms with van der Waals surface area (Å²) in [5, 5.41) is 0. The van der Waals surface area contributed by atoms with Crippen molar-refractivity contribution in [3.63, 3.8) is 0 Å². The van der Waals surface area contributed by atoms with Gasteiger partial charge in [0.1, 0.15) is 11.6 Å². The van der Waals surface area contributed by atoms with Gasteiger partial charge in [-0.3, -0.25) is 4.90 Å². The van der Waals surface area contributed by atoms with Crippen LogP contribution in [0.2, 0.25) is 0 Å². The Morgan fingerprint density at radius 3 is 3.00 bits per heavy atom. The van der Waals surface area contributed by atoms with Crippen molar-refractivity contribution >= 4 is 0 Å². The van der Waals surface area contributed by atoms with Crippen molar-refractivity contribution in [2.45, 2.75) is 25.8 Å². The van der Waals surface area contributed by atoms with Crippen LogP contribution in [0, 0.1) is 6.92 Å². The standard InChI is InChI=1S/C16H21N3O/c1-12-9-17-16(18-12)14-7-8-19(11-14)10-13-5-3-4-6-15(13)20-2/h3-6,9,14H,7-8,10-11H2,1-2H3,(H,17,18)/t14-/m0/s1. The third-order valence-corrected chi connectivity index (χ3v) is 3.97. The number of likely N-dealkylation sites (tertiary alicyclic amines) is 1. The average Bonchev–Trinajstić information content (AvgIpc) is 3.08. The van der Waals surface area contributed by atoms with Crippen LogP contribution in [-0.4, -0.2) is 35.1 Å². The lowest BCUT2D eigenvalue weighted by Gasteiger charge is -2.17. The first-order chi connectivity index (χ1) is 9.76. The molecule has 1 aromatic carbocycles. The number of aryl methyl sites for hydroxylation is 1. The van der Waals surface area contributed by atoms with Crippen LogP contribution in [0.15, 0.2) is 30.5 Å². The minimum absolute atomic E-state index is 0.526. The fourth-order valence-electron chi connectivity index (χ4n) is 2.91. The summed E-state index contributed by atoms with van der Waals surface area (Å²) in [5.74, 6) is 2.63. The number of benzene rings is 1. The number of aromatic nitrogens is 2. The predicted molar refractivity (Wildman–Crippen MR) is 79.0 cm³/mol. The first-order valence-corrected chi connectivity index (χ1v) is 7.12. The van der Waals surface area contributed by atoms with Gasteiger partial charge in [0.15, 0.2) is 0 Å². The van der Waals surface area contributed by atoms with Gasteiger partial charge in [0.05, 0.1) is 7.11 Å². The molecule has 1 aliphatic heterocycles. The van der Waals surface area contributed by atoms with E-state index in [-0.39, 0.29) is 0 Å². The van der Waals surface area contributed by atoms with Gasteiger partial charge in [0.2, 0.25) is 0 Å². The molecule has 1 saturated heterocycles. The van der Waals surface area contributed by atoms with Crippen molar-refractivity contribution in [2.24, 2.45) is 0 Å². The molecule has 0 bridgehead atoms. The Kier molecular flexibility index (Phi) is 3.74. The maximum absolute atomic E-state index is 5.43. The molecule has 2 heterocycles. The molecule has 0 radical (unpaired) electrons. The van der Waals surface area contributed by atoms with Gasteiger partial charge in [-0.25, -0.2) is 4.98 Å². The maximum Gasteiger partial charge on any atom is 0.123 e. The quantitative estimate of drug-likeness (QED) is 0.929. The summed E-state index contributed by atoms with van der Waals surface area (Å²) < 4.78 is 5.43. The molecule has 1 N–H and O–H groups in total. The van der Waals surface area contributed by atoms with E-state index in [9.17, 15) is 0 Å². The molecule has 1 aromatic heterocycles. The summed E-state index contributed by atoms with van der Waals surface area (Å²) in [6, 6.07) is 8.25. The molecule has 0 unspecified atom stereocenters. The van der Waals surface area contributed by atoms with E-state index in [2.05, 4.69) is 33.9 Å². The smallest absolute Gasteiger partial charge is 0.123 e. The number of methoxy groups -OCH3 is 1. The number of hydrogen-bond acceptors (Lipinski definition) is 3. The molecule has 0 amide bonds. The van der Waals surface area contributed by atoms with Crippen molar-refractivity contribution < 1.29 is 4.74 Å². The molecule has 20 heavy (non-hydrogen) atoms.